The number of hydrogen-bond acceptors (Lipinski definition) is 4. The van der Waals surface area contributed by atoms with Crippen LogP contribution in [0.4, 0.5) is 0 Å². The van der Waals surface area contributed by atoms with Crippen molar-refractivity contribution in [3.8, 4) is 0 Å². The summed E-state index contributed by atoms with van der Waals surface area (Å²) >= 11 is 12.3. The predicted molar refractivity (Wildman–Crippen MR) is 135 cm³/mol. The molecular formula is C28H25Cl2NO4. The molecule has 1 saturated heterocycles. The number of rotatable bonds is 7. The fraction of sp³-hybridized carbons (Fsp3) is 0.286. The van der Waals surface area contributed by atoms with Gasteiger partial charge in [-0.25, -0.2) is 0 Å². The van der Waals surface area contributed by atoms with E-state index >= 15 is 0 Å². The van der Waals surface area contributed by atoms with Gasteiger partial charge in [0.05, 0.1) is 19.8 Å². The molecule has 0 bridgehead atoms. The van der Waals surface area contributed by atoms with Gasteiger partial charge in [-0.05, 0) is 42.8 Å². The number of carbonyl (C=O) groups is 2. The quantitative estimate of drug-likeness (QED) is 0.360. The Balaban J connectivity index is 1.69. The van der Waals surface area contributed by atoms with Crippen LogP contribution in [0.25, 0.3) is 0 Å². The number of benzene rings is 3. The van der Waals surface area contributed by atoms with Crippen molar-refractivity contribution in [1.82, 2.24) is 4.90 Å². The fourth-order valence-corrected chi connectivity index (χ4v) is 4.92. The van der Waals surface area contributed by atoms with Crippen molar-refractivity contribution in [3.63, 3.8) is 0 Å². The zero-order valence-electron chi connectivity index (χ0n) is 19.5. The largest absolute Gasteiger partial charge is 0.380 e. The molecular weight excluding hydrogens is 485 g/mol. The first kappa shape index (κ1) is 24.0. The summed E-state index contributed by atoms with van der Waals surface area (Å²) in [5, 5.41) is 1.21. The number of carbonyl (C=O) groups excluding carboxylic acids is 2. The topological polar surface area (TPSA) is 55.8 Å². The molecule has 3 aromatic carbocycles. The summed E-state index contributed by atoms with van der Waals surface area (Å²) in [6, 6.07) is 20.0. The number of ketones is 1. The summed E-state index contributed by atoms with van der Waals surface area (Å²) in [5.74, 6) is -0.308. The molecule has 5 rings (SSSR count). The minimum absolute atomic E-state index is 0.103. The van der Waals surface area contributed by atoms with Crippen molar-refractivity contribution in [2.24, 2.45) is 5.41 Å². The number of hydrogen-bond donors (Lipinski definition) is 0. The Kier molecular flexibility index (Phi) is 6.22. The second-order valence-electron chi connectivity index (χ2n) is 9.58. The van der Waals surface area contributed by atoms with Crippen LogP contribution in [0.2, 0.25) is 10.0 Å². The standard InChI is InChI=1S/C28H25Cl2NO4/c1-18(32)20-5-12-25-24(13-20)26(33)31(14-19-3-8-22(29)9-4-19)28(25,21-6-10-23(30)11-7-21)35-17-27(2)15-34-16-27/h3-13H,14-17H2,1-2H3. The lowest BCUT2D eigenvalue weighted by Crippen LogP contribution is -2.51. The van der Waals surface area contributed by atoms with E-state index in [1.54, 1.807) is 41.3 Å². The van der Waals surface area contributed by atoms with E-state index in [-0.39, 0.29) is 23.7 Å². The first-order chi connectivity index (χ1) is 16.7. The summed E-state index contributed by atoms with van der Waals surface area (Å²) < 4.78 is 12.2. The van der Waals surface area contributed by atoms with Crippen molar-refractivity contribution in [3.05, 3.63) is 105 Å². The van der Waals surface area contributed by atoms with Gasteiger partial charge in [-0.15, -0.1) is 0 Å². The van der Waals surface area contributed by atoms with E-state index in [4.69, 9.17) is 32.7 Å². The van der Waals surface area contributed by atoms with Crippen molar-refractivity contribution in [2.75, 3.05) is 19.8 Å². The van der Waals surface area contributed by atoms with Gasteiger partial charge < -0.3 is 9.47 Å². The molecule has 2 heterocycles. The smallest absolute Gasteiger partial charge is 0.257 e. The monoisotopic (exact) mass is 509 g/mol. The van der Waals surface area contributed by atoms with Gasteiger partial charge in [0.15, 0.2) is 11.5 Å². The highest BCUT2D eigenvalue weighted by atomic mass is 35.5. The Morgan fingerprint density at radius 2 is 1.63 bits per heavy atom. The van der Waals surface area contributed by atoms with Crippen LogP contribution >= 0.6 is 23.2 Å². The van der Waals surface area contributed by atoms with Crippen molar-refractivity contribution in [2.45, 2.75) is 26.1 Å². The molecule has 0 radical (unpaired) electrons. The SMILES string of the molecule is CC(=O)c1ccc2c(c1)C(=O)N(Cc1ccc(Cl)cc1)C2(OCC1(C)COC1)c1ccc(Cl)cc1. The van der Waals surface area contributed by atoms with Crippen molar-refractivity contribution >= 4 is 34.9 Å². The first-order valence-corrected chi connectivity index (χ1v) is 12.2. The zero-order chi connectivity index (χ0) is 24.8. The minimum Gasteiger partial charge on any atom is -0.380 e. The van der Waals surface area contributed by atoms with Gasteiger partial charge in [0.2, 0.25) is 0 Å². The van der Waals surface area contributed by atoms with E-state index in [1.165, 1.54) is 6.92 Å². The molecule has 1 unspecified atom stereocenters. The van der Waals surface area contributed by atoms with Crippen LogP contribution in [-0.2, 0) is 21.7 Å². The van der Waals surface area contributed by atoms with Crippen LogP contribution in [0.15, 0.2) is 66.7 Å². The van der Waals surface area contributed by atoms with E-state index in [0.717, 1.165) is 11.1 Å². The maximum atomic E-state index is 14.0. The van der Waals surface area contributed by atoms with Crippen LogP contribution in [0.1, 0.15) is 51.3 Å². The number of ether oxygens (including phenoxy) is 2. The normalized spacial score (nSPS) is 20.5. The molecule has 1 amide bonds. The highest BCUT2D eigenvalue weighted by molar-refractivity contribution is 6.30. The second-order valence-corrected chi connectivity index (χ2v) is 10.5. The van der Waals surface area contributed by atoms with Crippen LogP contribution < -0.4 is 0 Å². The van der Waals surface area contributed by atoms with Gasteiger partial charge in [0, 0.05) is 44.3 Å². The predicted octanol–water partition coefficient (Wildman–Crippen LogP) is 6.11. The molecule has 0 spiro atoms. The van der Waals surface area contributed by atoms with Gasteiger partial charge >= 0.3 is 0 Å². The summed E-state index contributed by atoms with van der Waals surface area (Å²) in [7, 11) is 0. The van der Waals surface area contributed by atoms with Crippen LogP contribution in [-0.4, -0.2) is 36.4 Å². The third-order valence-corrected chi connectivity index (χ3v) is 7.17. The average Bonchev–Trinajstić information content (AvgIpc) is 3.06. The number of Topliss-reactive ketones (excluding diaryl/α,β-unsaturated/α-hetero) is 1. The lowest BCUT2D eigenvalue weighted by atomic mass is 9.88. The average molecular weight is 510 g/mol. The summed E-state index contributed by atoms with van der Waals surface area (Å²) in [6.07, 6.45) is 0. The zero-order valence-corrected chi connectivity index (χ0v) is 21.0. The lowest BCUT2D eigenvalue weighted by Gasteiger charge is -2.44. The Hall–Kier alpha value is -2.70. The molecule has 0 N–H and O–H groups in total. The van der Waals surface area contributed by atoms with Gasteiger partial charge in [-0.3, -0.25) is 14.5 Å². The molecule has 1 atom stereocenters. The van der Waals surface area contributed by atoms with E-state index in [0.29, 0.717) is 46.6 Å². The number of halogens is 2. The third-order valence-electron chi connectivity index (χ3n) is 6.67. The molecule has 0 aromatic heterocycles. The molecule has 7 heteroatoms. The summed E-state index contributed by atoms with van der Waals surface area (Å²) in [6.45, 7) is 5.44. The van der Waals surface area contributed by atoms with Crippen molar-refractivity contribution < 1.29 is 19.1 Å². The maximum Gasteiger partial charge on any atom is 0.257 e. The molecule has 0 aliphatic carbocycles. The Labute approximate surface area is 214 Å². The number of fused-ring (bicyclic) bond motifs is 1. The highest BCUT2D eigenvalue weighted by Crippen LogP contribution is 2.48. The van der Waals surface area contributed by atoms with Crippen LogP contribution in [0.5, 0.6) is 0 Å². The van der Waals surface area contributed by atoms with E-state index in [9.17, 15) is 9.59 Å². The summed E-state index contributed by atoms with van der Waals surface area (Å²) in [5.41, 5.74) is 1.96. The molecule has 3 aromatic rings. The molecule has 35 heavy (non-hydrogen) atoms. The third kappa shape index (κ3) is 4.27. The van der Waals surface area contributed by atoms with Gasteiger partial charge in [0.1, 0.15) is 0 Å². The summed E-state index contributed by atoms with van der Waals surface area (Å²) in [4.78, 5) is 27.8. The Morgan fingerprint density at radius 1 is 1.00 bits per heavy atom. The van der Waals surface area contributed by atoms with Crippen molar-refractivity contribution in [1.29, 1.82) is 0 Å². The molecule has 5 nitrogen and oxygen atoms in total. The minimum atomic E-state index is -1.20. The first-order valence-electron chi connectivity index (χ1n) is 11.4. The lowest BCUT2D eigenvalue weighted by molar-refractivity contribution is -0.192. The number of nitrogens with zero attached hydrogens (tertiary/aromatic N) is 1. The van der Waals surface area contributed by atoms with E-state index in [2.05, 4.69) is 6.92 Å². The maximum absolute atomic E-state index is 14.0. The molecule has 2 aliphatic heterocycles. The highest BCUT2D eigenvalue weighted by Gasteiger charge is 2.53. The van der Waals surface area contributed by atoms with Gasteiger partial charge in [0.25, 0.3) is 5.91 Å². The molecule has 0 saturated carbocycles. The number of amides is 1. The fourth-order valence-electron chi connectivity index (χ4n) is 4.66. The van der Waals surface area contributed by atoms with Crippen LogP contribution in [0, 0.1) is 5.41 Å². The van der Waals surface area contributed by atoms with Crippen LogP contribution in [0.3, 0.4) is 0 Å². The molecule has 180 valence electrons. The molecule has 1 fully saturated rings. The Bertz CT molecular complexity index is 1290. The van der Waals surface area contributed by atoms with Gasteiger partial charge in [-0.1, -0.05) is 66.5 Å². The Morgan fingerprint density at radius 3 is 2.20 bits per heavy atom. The van der Waals surface area contributed by atoms with E-state index in [1.807, 2.05) is 30.3 Å². The van der Waals surface area contributed by atoms with Gasteiger partial charge in [-0.2, -0.15) is 0 Å². The molecule has 2 aliphatic rings. The second kappa shape index (κ2) is 9.07. The van der Waals surface area contributed by atoms with E-state index < -0.39 is 5.72 Å².